The summed E-state index contributed by atoms with van der Waals surface area (Å²) in [6.45, 7) is 6.35. The van der Waals surface area contributed by atoms with E-state index in [0.717, 1.165) is 32.8 Å². The number of rotatable bonds is 8. The van der Waals surface area contributed by atoms with Crippen molar-refractivity contribution in [1.82, 2.24) is 10.2 Å². The molecule has 0 bridgehead atoms. The summed E-state index contributed by atoms with van der Waals surface area (Å²) in [5.74, 6) is 0. The van der Waals surface area contributed by atoms with Crippen LogP contribution in [0.15, 0.2) is 24.3 Å². The number of hydrogen-bond donors (Lipinski definition) is 1. The molecule has 0 aliphatic carbocycles. The summed E-state index contributed by atoms with van der Waals surface area (Å²) in [6.07, 6.45) is 2.52. The Labute approximate surface area is 110 Å². The number of methoxy groups -OCH3 is 1. The van der Waals surface area contributed by atoms with Crippen molar-refractivity contribution in [3.63, 3.8) is 0 Å². The van der Waals surface area contributed by atoms with Crippen molar-refractivity contribution in [2.24, 2.45) is 0 Å². The fourth-order valence-corrected chi connectivity index (χ4v) is 2.45. The quantitative estimate of drug-likeness (QED) is 0.712. The fourth-order valence-electron chi connectivity index (χ4n) is 2.45. The molecule has 0 unspecified atom stereocenters. The summed E-state index contributed by atoms with van der Waals surface area (Å²) >= 11 is 0. The smallest absolute Gasteiger partial charge is 0.0587 e. The highest BCUT2D eigenvalue weighted by molar-refractivity contribution is 5.30. The molecule has 1 aromatic rings. The zero-order valence-corrected chi connectivity index (χ0v) is 11.3. The molecule has 3 heteroatoms. The van der Waals surface area contributed by atoms with Gasteiger partial charge in [-0.25, -0.2) is 0 Å². The lowest BCUT2D eigenvalue weighted by Crippen LogP contribution is -2.22. The summed E-state index contributed by atoms with van der Waals surface area (Å²) in [4.78, 5) is 2.54. The minimum absolute atomic E-state index is 0.807. The summed E-state index contributed by atoms with van der Waals surface area (Å²) in [5, 5.41) is 3.39. The van der Waals surface area contributed by atoms with Crippen molar-refractivity contribution in [3.8, 4) is 0 Å². The lowest BCUT2D eigenvalue weighted by Gasteiger charge is -2.14. The molecule has 0 saturated heterocycles. The van der Waals surface area contributed by atoms with Crippen molar-refractivity contribution in [2.45, 2.75) is 25.9 Å². The SMILES string of the molecule is COCCNCCCCN1Cc2ccccc2C1. The number of ether oxygens (including phenoxy) is 1. The van der Waals surface area contributed by atoms with Gasteiger partial charge in [0.2, 0.25) is 0 Å². The standard InChI is InChI=1S/C15H24N2O/c1-18-11-9-16-8-4-5-10-17-12-14-6-2-3-7-15(14)13-17/h2-3,6-7,16H,4-5,8-13H2,1H3. The average molecular weight is 248 g/mol. The number of nitrogens with one attached hydrogen (secondary N) is 1. The zero-order valence-electron chi connectivity index (χ0n) is 11.3. The van der Waals surface area contributed by atoms with Gasteiger partial charge in [-0.2, -0.15) is 0 Å². The minimum atomic E-state index is 0.807. The Kier molecular flexibility index (Phi) is 5.65. The summed E-state index contributed by atoms with van der Waals surface area (Å²) in [6, 6.07) is 8.79. The van der Waals surface area contributed by atoms with Crippen LogP contribution in [0, 0.1) is 0 Å². The van der Waals surface area contributed by atoms with E-state index in [4.69, 9.17) is 4.74 Å². The maximum atomic E-state index is 4.99. The van der Waals surface area contributed by atoms with Gasteiger partial charge < -0.3 is 10.1 Å². The largest absolute Gasteiger partial charge is 0.383 e. The van der Waals surface area contributed by atoms with E-state index in [2.05, 4.69) is 34.5 Å². The minimum Gasteiger partial charge on any atom is -0.383 e. The number of hydrogen-bond acceptors (Lipinski definition) is 3. The second-order valence-corrected chi connectivity index (χ2v) is 4.93. The predicted molar refractivity (Wildman–Crippen MR) is 74.5 cm³/mol. The van der Waals surface area contributed by atoms with E-state index in [0.29, 0.717) is 0 Å². The van der Waals surface area contributed by atoms with Gasteiger partial charge in [0.05, 0.1) is 6.61 Å². The molecule has 100 valence electrons. The zero-order chi connectivity index (χ0) is 12.6. The first-order valence-electron chi connectivity index (χ1n) is 6.89. The second kappa shape index (κ2) is 7.52. The lowest BCUT2D eigenvalue weighted by molar-refractivity contribution is 0.199. The molecule has 18 heavy (non-hydrogen) atoms. The van der Waals surface area contributed by atoms with Gasteiger partial charge >= 0.3 is 0 Å². The molecule has 1 aliphatic rings. The first-order valence-corrected chi connectivity index (χ1v) is 6.89. The molecule has 1 aromatic carbocycles. The Balaban J connectivity index is 1.54. The second-order valence-electron chi connectivity index (χ2n) is 4.93. The molecule has 2 rings (SSSR count). The molecule has 0 amide bonds. The van der Waals surface area contributed by atoms with E-state index in [9.17, 15) is 0 Å². The molecule has 1 heterocycles. The van der Waals surface area contributed by atoms with Crippen molar-refractivity contribution < 1.29 is 4.74 Å². The van der Waals surface area contributed by atoms with E-state index in [1.165, 1.54) is 30.5 Å². The maximum absolute atomic E-state index is 4.99. The first-order chi connectivity index (χ1) is 8.90. The van der Waals surface area contributed by atoms with Gasteiger partial charge in [-0.15, -0.1) is 0 Å². The molecule has 0 atom stereocenters. The van der Waals surface area contributed by atoms with Crippen LogP contribution in [-0.4, -0.2) is 38.3 Å². The van der Waals surface area contributed by atoms with E-state index in [1.807, 2.05) is 0 Å². The van der Waals surface area contributed by atoms with Crippen LogP contribution in [-0.2, 0) is 17.8 Å². The molecule has 3 nitrogen and oxygen atoms in total. The average Bonchev–Trinajstić information content (AvgIpc) is 2.80. The topological polar surface area (TPSA) is 24.5 Å². The molecule has 1 N–H and O–H groups in total. The van der Waals surface area contributed by atoms with Crippen LogP contribution in [0.1, 0.15) is 24.0 Å². The van der Waals surface area contributed by atoms with Crippen molar-refractivity contribution >= 4 is 0 Å². The Hall–Kier alpha value is -0.900. The van der Waals surface area contributed by atoms with Crippen LogP contribution in [0.3, 0.4) is 0 Å². The van der Waals surface area contributed by atoms with E-state index >= 15 is 0 Å². The predicted octanol–water partition coefficient (Wildman–Crippen LogP) is 2.02. The van der Waals surface area contributed by atoms with Crippen molar-refractivity contribution in [1.29, 1.82) is 0 Å². The Morgan fingerprint density at radius 1 is 1.11 bits per heavy atom. The number of unbranched alkanes of at least 4 members (excludes halogenated alkanes) is 1. The molecule has 0 aromatic heterocycles. The number of benzene rings is 1. The third kappa shape index (κ3) is 4.09. The van der Waals surface area contributed by atoms with Crippen molar-refractivity contribution in [2.75, 3.05) is 33.4 Å². The van der Waals surface area contributed by atoms with Crippen LogP contribution in [0.5, 0.6) is 0 Å². The Morgan fingerprint density at radius 2 is 1.83 bits per heavy atom. The monoisotopic (exact) mass is 248 g/mol. The first kappa shape index (κ1) is 13.5. The van der Waals surface area contributed by atoms with Crippen LogP contribution < -0.4 is 5.32 Å². The molecule has 0 radical (unpaired) electrons. The van der Waals surface area contributed by atoms with Crippen molar-refractivity contribution in [3.05, 3.63) is 35.4 Å². The number of fused-ring (bicyclic) bond motifs is 1. The van der Waals surface area contributed by atoms with Gasteiger partial charge in [0.25, 0.3) is 0 Å². The Bertz CT molecular complexity index is 329. The molecule has 0 spiro atoms. The highest BCUT2D eigenvalue weighted by atomic mass is 16.5. The third-order valence-electron chi connectivity index (χ3n) is 3.47. The van der Waals surface area contributed by atoms with Gasteiger partial charge in [-0.1, -0.05) is 24.3 Å². The van der Waals surface area contributed by atoms with Crippen LogP contribution in [0.4, 0.5) is 0 Å². The maximum Gasteiger partial charge on any atom is 0.0587 e. The molecular weight excluding hydrogens is 224 g/mol. The Morgan fingerprint density at radius 3 is 2.50 bits per heavy atom. The summed E-state index contributed by atoms with van der Waals surface area (Å²) in [7, 11) is 1.74. The van der Waals surface area contributed by atoms with Crippen LogP contribution in [0.2, 0.25) is 0 Å². The van der Waals surface area contributed by atoms with E-state index in [1.54, 1.807) is 7.11 Å². The normalized spacial score (nSPS) is 14.9. The summed E-state index contributed by atoms with van der Waals surface area (Å²) < 4.78 is 4.99. The van der Waals surface area contributed by atoms with Crippen LogP contribution in [0.25, 0.3) is 0 Å². The van der Waals surface area contributed by atoms with Gasteiger partial charge in [0.1, 0.15) is 0 Å². The fraction of sp³-hybridized carbons (Fsp3) is 0.600. The summed E-state index contributed by atoms with van der Waals surface area (Å²) in [5.41, 5.74) is 3.02. The highest BCUT2D eigenvalue weighted by Gasteiger charge is 2.16. The molecule has 1 aliphatic heterocycles. The van der Waals surface area contributed by atoms with Gasteiger partial charge in [0.15, 0.2) is 0 Å². The van der Waals surface area contributed by atoms with Crippen LogP contribution >= 0.6 is 0 Å². The van der Waals surface area contributed by atoms with Gasteiger partial charge in [0, 0.05) is 26.7 Å². The third-order valence-corrected chi connectivity index (χ3v) is 3.47. The lowest BCUT2D eigenvalue weighted by atomic mass is 10.1. The molecule has 0 fully saturated rings. The van der Waals surface area contributed by atoms with Gasteiger partial charge in [-0.3, -0.25) is 4.90 Å². The highest BCUT2D eigenvalue weighted by Crippen LogP contribution is 2.22. The molecular formula is C15H24N2O. The van der Waals surface area contributed by atoms with E-state index in [-0.39, 0.29) is 0 Å². The van der Waals surface area contributed by atoms with Gasteiger partial charge in [-0.05, 0) is 37.1 Å². The molecule has 0 saturated carbocycles. The van der Waals surface area contributed by atoms with E-state index < -0.39 is 0 Å². The number of nitrogens with zero attached hydrogens (tertiary/aromatic N) is 1.